The first-order valence-corrected chi connectivity index (χ1v) is 6.69. The second kappa shape index (κ2) is 8.30. The molecule has 0 spiro atoms. The highest BCUT2D eigenvalue weighted by atomic mass is 127. The molecule has 0 fully saturated rings. The summed E-state index contributed by atoms with van der Waals surface area (Å²) in [5.41, 5.74) is 0.829. The topological polar surface area (TPSA) is 50.4 Å². The minimum atomic E-state index is -0.175. The summed E-state index contributed by atoms with van der Waals surface area (Å²) in [5.74, 6) is 0. The Labute approximate surface area is 115 Å². The van der Waals surface area contributed by atoms with Crippen LogP contribution in [0.1, 0.15) is 13.3 Å². The maximum absolute atomic E-state index is 11.5. The van der Waals surface area contributed by atoms with Gasteiger partial charge in [-0.3, -0.25) is 0 Å². The Bertz CT molecular complexity index is 358. The summed E-state index contributed by atoms with van der Waals surface area (Å²) in [6, 6.07) is 7.48. The number of carbonyl (C=O) groups excluding carboxylic acids is 1. The second-order valence-corrected chi connectivity index (χ2v) is 4.57. The molecule has 1 aromatic carbocycles. The average Bonchev–Trinajstić information content (AvgIpc) is 2.32. The summed E-state index contributed by atoms with van der Waals surface area (Å²) >= 11 is 2.19. The molecule has 0 heterocycles. The van der Waals surface area contributed by atoms with Crippen LogP contribution in [0.4, 0.5) is 10.5 Å². The van der Waals surface area contributed by atoms with Gasteiger partial charge in [0.15, 0.2) is 0 Å². The first kappa shape index (κ1) is 14.2. The van der Waals surface area contributed by atoms with Gasteiger partial charge in [-0.05, 0) is 48.1 Å². The lowest BCUT2D eigenvalue weighted by Crippen LogP contribution is -2.30. The predicted molar refractivity (Wildman–Crippen MR) is 77.3 cm³/mol. The highest BCUT2D eigenvalue weighted by Gasteiger charge is 2.03. The molecule has 0 saturated heterocycles. The first-order chi connectivity index (χ1) is 8.24. The molecule has 17 heavy (non-hydrogen) atoms. The van der Waals surface area contributed by atoms with E-state index in [9.17, 15) is 4.79 Å². The number of halogens is 1. The first-order valence-electron chi connectivity index (χ1n) is 5.61. The number of urea groups is 1. The van der Waals surface area contributed by atoms with Crippen molar-refractivity contribution in [2.75, 3.05) is 25.1 Å². The molecular formula is C12H17IN2O2. The fourth-order valence-corrected chi connectivity index (χ4v) is 1.77. The maximum atomic E-state index is 11.5. The van der Waals surface area contributed by atoms with Gasteiger partial charge in [0.1, 0.15) is 0 Å². The molecular weight excluding hydrogens is 331 g/mol. The van der Waals surface area contributed by atoms with Crippen LogP contribution in [0.15, 0.2) is 24.3 Å². The third kappa shape index (κ3) is 5.88. The highest BCUT2D eigenvalue weighted by molar-refractivity contribution is 14.1. The van der Waals surface area contributed by atoms with E-state index >= 15 is 0 Å². The van der Waals surface area contributed by atoms with E-state index < -0.39 is 0 Å². The molecule has 1 rings (SSSR count). The van der Waals surface area contributed by atoms with Crippen LogP contribution in [0.25, 0.3) is 0 Å². The van der Waals surface area contributed by atoms with Gasteiger partial charge in [-0.25, -0.2) is 4.79 Å². The van der Waals surface area contributed by atoms with Crippen LogP contribution in [-0.4, -0.2) is 25.8 Å². The monoisotopic (exact) mass is 348 g/mol. The zero-order valence-electron chi connectivity index (χ0n) is 9.83. The summed E-state index contributed by atoms with van der Waals surface area (Å²) < 4.78 is 6.20. The third-order valence-electron chi connectivity index (χ3n) is 2.08. The third-order valence-corrected chi connectivity index (χ3v) is 3.02. The number of amides is 2. The zero-order valence-corrected chi connectivity index (χ0v) is 12.0. The van der Waals surface area contributed by atoms with Gasteiger partial charge in [0.2, 0.25) is 0 Å². The molecule has 5 heteroatoms. The fraction of sp³-hybridized carbons (Fsp3) is 0.417. The number of rotatable bonds is 6. The van der Waals surface area contributed by atoms with Crippen molar-refractivity contribution in [1.82, 2.24) is 5.32 Å². The van der Waals surface area contributed by atoms with Gasteiger partial charge in [-0.15, -0.1) is 0 Å². The van der Waals surface area contributed by atoms with E-state index in [2.05, 4.69) is 33.2 Å². The van der Waals surface area contributed by atoms with E-state index in [1.54, 1.807) is 0 Å². The van der Waals surface area contributed by atoms with E-state index in [0.717, 1.165) is 15.7 Å². The van der Waals surface area contributed by atoms with Gasteiger partial charge in [0.25, 0.3) is 0 Å². The number of hydrogen-bond donors (Lipinski definition) is 2. The molecule has 4 nitrogen and oxygen atoms in total. The van der Waals surface area contributed by atoms with Crippen LogP contribution in [0.5, 0.6) is 0 Å². The second-order valence-electron chi connectivity index (χ2n) is 3.41. The molecule has 0 atom stereocenters. The number of para-hydroxylation sites is 1. The molecule has 0 bridgehead atoms. The van der Waals surface area contributed by atoms with E-state index in [1.165, 1.54) is 0 Å². The van der Waals surface area contributed by atoms with Gasteiger partial charge in [0, 0.05) is 23.3 Å². The molecule has 0 aliphatic carbocycles. The SMILES string of the molecule is CCOCCCNC(=O)Nc1ccccc1I. The minimum Gasteiger partial charge on any atom is -0.382 e. The lowest BCUT2D eigenvalue weighted by Gasteiger charge is -2.08. The molecule has 2 amide bonds. The standard InChI is InChI=1S/C12H17IN2O2/c1-2-17-9-5-8-14-12(16)15-11-7-4-3-6-10(11)13/h3-4,6-7H,2,5,8-9H2,1H3,(H2,14,15,16). The zero-order chi connectivity index (χ0) is 12.5. The molecule has 0 aromatic heterocycles. The molecule has 0 radical (unpaired) electrons. The van der Waals surface area contributed by atoms with Crippen molar-refractivity contribution in [3.8, 4) is 0 Å². The fourth-order valence-electron chi connectivity index (χ4n) is 1.25. The van der Waals surface area contributed by atoms with Crippen LogP contribution >= 0.6 is 22.6 Å². The predicted octanol–water partition coefficient (Wildman–Crippen LogP) is 2.84. The molecule has 0 aliphatic rings. The summed E-state index contributed by atoms with van der Waals surface area (Å²) in [4.78, 5) is 11.5. The molecule has 0 aliphatic heterocycles. The summed E-state index contributed by atoms with van der Waals surface area (Å²) in [6.45, 7) is 3.97. The highest BCUT2D eigenvalue weighted by Crippen LogP contribution is 2.16. The Balaban J connectivity index is 2.23. The lowest BCUT2D eigenvalue weighted by molar-refractivity contribution is 0.145. The van der Waals surface area contributed by atoms with Gasteiger partial charge in [-0.2, -0.15) is 0 Å². The molecule has 2 N–H and O–H groups in total. The number of ether oxygens (including phenoxy) is 1. The van der Waals surface area contributed by atoms with Crippen LogP contribution in [0.3, 0.4) is 0 Å². The molecule has 94 valence electrons. The van der Waals surface area contributed by atoms with Gasteiger partial charge < -0.3 is 15.4 Å². The van der Waals surface area contributed by atoms with Crippen molar-refractivity contribution in [1.29, 1.82) is 0 Å². The number of benzene rings is 1. The van der Waals surface area contributed by atoms with E-state index in [0.29, 0.717) is 19.8 Å². The maximum Gasteiger partial charge on any atom is 0.319 e. The largest absolute Gasteiger partial charge is 0.382 e. The number of carbonyl (C=O) groups is 1. The van der Waals surface area contributed by atoms with Crippen LogP contribution in [0.2, 0.25) is 0 Å². The summed E-state index contributed by atoms with van der Waals surface area (Å²) in [6.07, 6.45) is 0.827. The van der Waals surface area contributed by atoms with Gasteiger partial charge in [0.05, 0.1) is 5.69 Å². The Hall–Kier alpha value is -0.820. The lowest BCUT2D eigenvalue weighted by atomic mass is 10.3. The van der Waals surface area contributed by atoms with Crippen molar-refractivity contribution in [3.05, 3.63) is 27.8 Å². The Morgan fingerprint density at radius 2 is 2.18 bits per heavy atom. The number of hydrogen-bond acceptors (Lipinski definition) is 2. The average molecular weight is 348 g/mol. The Kier molecular flexibility index (Phi) is 6.95. The van der Waals surface area contributed by atoms with Crippen molar-refractivity contribution < 1.29 is 9.53 Å². The van der Waals surface area contributed by atoms with Crippen LogP contribution in [-0.2, 0) is 4.74 Å². The van der Waals surface area contributed by atoms with Gasteiger partial charge >= 0.3 is 6.03 Å². The van der Waals surface area contributed by atoms with Crippen molar-refractivity contribution >= 4 is 34.3 Å². The van der Waals surface area contributed by atoms with Gasteiger partial charge in [-0.1, -0.05) is 12.1 Å². The van der Waals surface area contributed by atoms with E-state index in [-0.39, 0.29) is 6.03 Å². The Morgan fingerprint density at radius 1 is 1.41 bits per heavy atom. The number of anilines is 1. The van der Waals surface area contributed by atoms with E-state index in [1.807, 2.05) is 31.2 Å². The van der Waals surface area contributed by atoms with Crippen molar-refractivity contribution in [2.45, 2.75) is 13.3 Å². The van der Waals surface area contributed by atoms with E-state index in [4.69, 9.17) is 4.74 Å². The quantitative estimate of drug-likeness (QED) is 0.614. The van der Waals surface area contributed by atoms with Crippen LogP contribution < -0.4 is 10.6 Å². The molecule has 0 saturated carbocycles. The molecule has 0 unspecified atom stereocenters. The minimum absolute atomic E-state index is 0.175. The van der Waals surface area contributed by atoms with Crippen LogP contribution in [0, 0.1) is 3.57 Å². The smallest absolute Gasteiger partial charge is 0.319 e. The summed E-state index contributed by atoms with van der Waals surface area (Å²) in [7, 11) is 0. The normalized spacial score (nSPS) is 10.0. The summed E-state index contributed by atoms with van der Waals surface area (Å²) in [5, 5.41) is 5.59. The van der Waals surface area contributed by atoms with Crippen molar-refractivity contribution in [2.24, 2.45) is 0 Å². The number of nitrogens with one attached hydrogen (secondary N) is 2. The molecule has 1 aromatic rings. The van der Waals surface area contributed by atoms with Crippen molar-refractivity contribution in [3.63, 3.8) is 0 Å². The Morgan fingerprint density at radius 3 is 2.88 bits per heavy atom.